The van der Waals surface area contributed by atoms with Gasteiger partial charge in [0.05, 0.1) is 0 Å². The molecule has 65 valence electrons. The van der Waals surface area contributed by atoms with E-state index in [1.54, 1.807) is 12.1 Å². The Labute approximate surface area is 80.7 Å². The maximum atomic E-state index is 5.27. The molecule has 3 nitrogen and oxygen atoms in total. The zero-order chi connectivity index (χ0) is 8.97. The monoisotopic (exact) mass is 215 g/mol. The van der Waals surface area contributed by atoms with Gasteiger partial charge >= 0.3 is 0 Å². The molecule has 0 aliphatic carbocycles. The largest absolute Gasteiger partial charge is 0.551 e. The van der Waals surface area contributed by atoms with Crippen molar-refractivity contribution in [2.75, 3.05) is 0 Å². The van der Waals surface area contributed by atoms with Gasteiger partial charge in [-0.1, -0.05) is 0 Å². The van der Waals surface area contributed by atoms with Gasteiger partial charge < -0.3 is 13.3 Å². The van der Waals surface area contributed by atoms with Crippen molar-refractivity contribution in [3.63, 3.8) is 0 Å². The molecule has 0 heterocycles. The van der Waals surface area contributed by atoms with Gasteiger partial charge in [0.25, 0.3) is 0 Å². The molecular formula is C6H11O3Si3. The molecule has 12 heavy (non-hydrogen) atoms. The van der Waals surface area contributed by atoms with Crippen LogP contribution in [0.5, 0.6) is 17.2 Å². The summed E-state index contributed by atoms with van der Waals surface area (Å²) in [4.78, 5) is 0. The number of rotatable bonds is 3. The minimum Gasteiger partial charge on any atom is -0.551 e. The summed E-state index contributed by atoms with van der Waals surface area (Å²) in [5.41, 5.74) is 0. The lowest BCUT2D eigenvalue weighted by atomic mass is 10.3. The van der Waals surface area contributed by atoms with Gasteiger partial charge in [-0.2, -0.15) is 0 Å². The standard InChI is InChI=1S/C6H11O3Si3/c10-7-4-2-1-3-5(8-11)6(4)9-12/h2-3H,10-12H3. The van der Waals surface area contributed by atoms with E-state index in [9.17, 15) is 0 Å². The van der Waals surface area contributed by atoms with Crippen LogP contribution in [-0.2, 0) is 0 Å². The highest BCUT2D eigenvalue weighted by molar-refractivity contribution is 6.03. The summed E-state index contributed by atoms with van der Waals surface area (Å²) >= 11 is 0. The van der Waals surface area contributed by atoms with Crippen molar-refractivity contribution < 1.29 is 13.3 Å². The average Bonchev–Trinajstić information content (AvgIpc) is 2.16. The highest BCUT2D eigenvalue weighted by Crippen LogP contribution is 2.35. The molecule has 0 aliphatic rings. The van der Waals surface area contributed by atoms with Crippen LogP contribution < -0.4 is 13.3 Å². The van der Waals surface area contributed by atoms with Crippen molar-refractivity contribution >= 4 is 31.5 Å². The Balaban J connectivity index is 3.13. The summed E-state index contributed by atoms with van der Waals surface area (Å²) in [6.45, 7) is 0. The minimum atomic E-state index is 0.640. The van der Waals surface area contributed by atoms with Gasteiger partial charge in [0, 0.05) is 0 Å². The highest BCUT2D eigenvalue weighted by atomic mass is 28.2. The maximum Gasteiger partial charge on any atom is 0.204 e. The second-order valence-corrected chi connectivity index (χ2v) is 3.35. The molecule has 0 unspecified atom stereocenters. The van der Waals surface area contributed by atoms with Crippen molar-refractivity contribution in [3.8, 4) is 17.2 Å². The van der Waals surface area contributed by atoms with Crippen molar-refractivity contribution in [2.24, 2.45) is 0 Å². The molecule has 0 N–H and O–H groups in total. The van der Waals surface area contributed by atoms with Crippen molar-refractivity contribution in [1.29, 1.82) is 0 Å². The summed E-state index contributed by atoms with van der Waals surface area (Å²) < 4.78 is 15.7. The molecule has 1 aromatic carbocycles. The molecule has 0 bridgehead atoms. The summed E-state index contributed by atoms with van der Waals surface area (Å²) in [6.07, 6.45) is 0. The number of benzene rings is 1. The molecule has 1 radical (unpaired) electrons. The third-order valence-electron chi connectivity index (χ3n) is 1.52. The van der Waals surface area contributed by atoms with Crippen LogP contribution in [0, 0.1) is 6.07 Å². The molecular weight excluding hydrogens is 204 g/mol. The Hall–Kier alpha value is -0.729. The third-order valence-corrected chi connectivity index (χ3v) is 2.81. The molecule has 0 fully saturated rings. The van der Waals surface area contributed by atoms with E-state index in [0.29, 0.717) is 31.5 Å². The Morgan fingerprint density at radius 1 is 0.917 bits per heavy atom. The molecule has 0 spiro atoms. The molecule has 0 aromatic heterocycles. The third kappa shape index (κ3) is 1.71. The van der Waals surface area contributed by atoms with Crippen LogP contribution in [0.2, 0.25) is 0 Å². The zero-order valence-electron chi connectivity index (χ0n) is 7.38. The fourth-order valence-corrected chi connectivity index (χ4v) is 1.96. The maximum absolute atomic E-state index is 5.27. The molecule has 0 aliphatic heterocycles. The van der Waals surface area contributed by atoms with E-state index in [1.165, 1.54) is 0 Å². The van der Waals surface area contributed by atoms with E-state index in [-0.39, 0.29) is 0 Å². The van der Waals surface area contributed by atoms with Gasteiger partial charge in [0.2, 0.25) is 31.5 Å². The van der Waals surface area contributed by atoms with Gasteiger partial charge in [-0.05, 0) is 18.2 Å². The lowest BCUT2D eigenvalue weighted by molar-refractivity contribution is 0.503. The smallest absolute Gasteiger partial charge is 0.204 e. The van der Waals surface area contributed by atoms with Crippen molar-refractivity contribution in [1.82, 2.24) is 0 Å². The number of hydrogen-bond acceptors (Lipinski definition) is 3. The first kappa shape index (κ1) is 9.36. The molecule has 0 saturated heterocycles. The van der Waals surface area contributed by atoms with E-state index in [1.807, 2.05) is 0 Å². The molecule has 6 heteroatoms. The van der Waals surface area contributed by atoms with E-state index < -0.39 is 0 Å². The highest BCUT2D eigenvalue weighted by Gasteiger charge is 2.07. The Morgan fingerprint density at radius 3 is 1.75 bits per heavy atom. The minimum absolute atomic E-state index is 0.640. The van der Waals surface area contributed by atoms with E-state index in [4.69, 9.17) is 13.3 Å². The quantitative estimate of drug-likeness (QED) is 0.520. The molecule has 1 rings (SSSR count). The van der Waals surface area contributed by atoms with Crippen LogP contribution in [-0.4, -0.2) is 31.5 Å². The van der Waals surface area contributed by atoms with E-state index >= 15 is 0 Å². The fraction of sp³-hybridized carbons (Fsp3) is 0. The molecule has 0 amide bonds. The lowest BCUT2D eigenvalue weighted by Gasteiger charge is -2.12. The van der Waals surface area contributed by atoms with Gasteiger partial charge in [-0.25, -0.2) is 0 Å². The molecule has 1 aromatic rings. The van der Waals surface area contributed by atoms with E-state index in [2.05, 4.69) is 6.07 Å². The fourth-order valence-electron chi connectivity index (χ4n) is 0.950. The lowest BCUT2D eigenvalue weighted by Crippen LogP contribution is -1.96. The summed E-state index contributed by atoms with van der Waals surface area (Å²) in [7, 11) is 1.94. The summed E-state index contributed by atoms with van der Waals surface area (Å²) in [6, 6.07) is 6.47. The SMILES string of the molecule is [SiH3]Oc1c[c]cc(O[SiH3])c1O[SiH3]. The van der Waals surface area contributed by atoms with Crippen molar-refractivity contribution in [2.45, 2.75) is 0 Å². The zero-order valence-corrected chi connectivity index (χ0v) is 13.4. The first-order chi connectivity index (χ1) is 5.83. The van der Waals surface area contributed by atoms with Crippen LogP contribution in [0.3, 0.4) is 0 Å². The van der Waals surface area contributed by atoms with Gasteiger partial charge in [-0.15, -0.1) is 0 Å². The second kappa shape index (κ2) is 4.33. The first-order valence-electron chi connectivity index (χ1n) is 3.49. The topological polar surface area (TPSA) is 27.7 Å². The van der Waals surface area contributed by atoms with Gasteiger partial charge in [0.15, 0.2) is 5.75 Å². The average molecular weight is 215 g/mol. The summed E-state index contributed by atoms with van der Waals surface area (Å²) in [5, 5.41) is 0. The van der Waals surface area contributed by atoms with Gasteiger partial charge in [-0.3, -0.25) is 0 Å². The van der Waals surface area contributed by atoms with Crippen LogP contribution in [0.1, 0.15) is 0 Å². The Morgan fingerprint density at radius 2 is 1.42 bits per heavy atom. The van der Waals surface area contributed by atoms with Crippen LogP contribution >= 0.6 is 0 Å². The van der Waals surface area contributed by atoms with Crippen LogP contribution in [0.25, 0.3) is 0 Å². The summed E-state index contributed by atoms with van der Waals surface area (Å²) in [5.74, 6) is 2.21. The van der Waals surface area contributed by atoms with E-state index in [0.717, 1.165) is 17.2 Å². The van der Waals surface area contributed by atoms with Crippen LogP contribution in [0.4, 0.5) is 0 Å². The van der Waals surface area contributed by atoms with Crippen LogP contribution in [0.15, 0.2) is 12.1 Å². The number of hydrogen-bond donors (Lipinski definition) is 0. The van der Waals surface area contributed by atoms with Crippen molar-refractivity contribution in [3.05, 3.63) is 18.2 Å². The first-order valence-corrected chi connectivity index (χ1v) is 5.94. The predicted octanol–water partition coefficient (Wildman–Crippen LogP) is -2.54. The molecule has 0 saturated carbocycles. The second-order valence-electron chi connectivity index (χ2n) is 2.13. The predicted molar refractivity (Wildman–Crippen MR) is 57.0 cm³/mol. The van der Waals surface area contributed by atoms with Gasteiger partial charge in [0.1, 0.15) is 11.5 Å². The Bertz CT molecular complexity index is 244. The normalized spacial score (nSPS) is 10.0. The molecule has 0 atom stereocenters. The Kier molecular flexibility index (Phi) is 3.38.